The Balaban J connectivity index is 2.35. The number of rotatable bonds is 2. The number of benzene rings is 1. The van der Waals surface area contributed by atoms with E-state index >= 15 is 0 Å². The first-order valence-electron chi connectivity index (χ1n) is 4.77. The van der Waals surface area contributed by atoms with Crippen LogP contribution >= 0.6 is 11.6 Å². The van der Waals surface area contributed by atoms with Crippen molar-refractivity contribution in [3.63, 3.8) is 0 Å². The van der Waals surface area contributed by atoms with Crippen LogP contribution in [0.3, 0.4) is 0 Å². The van der Waals surface area contributed by atoms with Gasteiger partial charge in [-0.3, -0.25) is 4.79 Å². The van der Waals surface area contributed by atoms with Crippen LogP contribution in [0.2, 0.25) is 0 Å². The topological polar surface area (TPSA) is 20.3 Å². The van der Waals surface area contributed by atoms with Crippen LogP contribution in [0.15, 0.2) is 24.3 Å². The number of carbonyl (C=O) groups is 1. The normalized spacial score (nSPS) is 17.4. The van der Waals surface area contributed by atoms with Gasteiger partial charge in [0.05, 0.1) is 0 Å². The van der Waals surface area contributed by atoms with Gasteiger partial charge in [0, 0.05) is 12.2 Å². The molecule has 2 rings (SSSR count). The Labute approximate surface area is 88.5 Å². The van der Waals surface area contributed by atoms with Crippen molar-refractivity contribution < 1.29 is 4.79 Å². The highest BCUT2D eigenvalue weighted by atomic mass is 35.5. The number of carbonyl (C=O) groups excluding carboxylic acids is 1. The number of halogens is 1. The zero-order chi connectivity index (χ0) is 9.97. The number of nitrogens with zero attached hydrogens (tertiary/aromatic N) is 1. The van der Waals surface area contributed by atoms with Crippen molar-refractivity contribution in [3.8, 4) is 0 Å². The number of hydrogen-bond donors (Lipinski definition) is 0. The van der Waals surface area contributed by atoms with E-state index in [1.807, 2.05) is 23.1 Å². The molecule has 1 heterocycles. The van der Waals surface area contributed by atoms with Gasteiger partial charge < -0.3 is 4.90 Å². The molecule has 0 aliphatic carbocycles. The van der Waals surface area contributed by atoms with Crippen molar-refractivity contribution in [1.82, 2.24) is 0 Å². The third kappa shape index (κ3) is 1.62. The summed E-state index contributed by atoms with van der Waals surface area (Å²) in [5, 5.41) is 0. The molecule has 3 heteroatoms. The van der Waals surface area contributed by atoms with Crippen LogP contribution in [0.25, 0.3) is 0 Å². The molecule has 0 amide bonds. The quantitative estimate of drug-likeness (QED) is 0.423. The van der Waals surface area contributed by atoms with Crippen molar-refractivity contribution >= 4 is 23.6 Å². The third-order valence-electron chi connectivity index (χ3n) is 2.56. The van der Waals surface area contributed by atoms with Gasteiger partial charge in [0.15, 0.2) is 11.8 Å². The standard InChI is InChI=1S/C11H12ClNO/c12-11(8-14)13-7-3-5-9-4-1-2-6-10(9)13/h1-2,4,6,8,11H,3,5,7H2. The highest BCUT2D eigenvalue weighted by Gasteiger charge is 2.21. The number of aldehydes is 1. The van der Waals surface area contributed by atoms with Crippen LogP contribution in [0.4, 0.5) is 5.69 Å². The van der Waals surface area contributed by atoms with Gasteiger partial charge in [-0.1, -0.05) is 29.8 Å². The molecule has 0 bridgehead atoms. The maximum Gasteiger partial charge on any atom is 0.160 e. The summed E-state index contributed by atoms with van der Waals surface area (Å²) in [6.45, 7) is 0.865. The molecule has 1 aliphatic rings. The summed E-state index contributed by atoms with van der Waals surface area (Å²) in [4.78, 5) is 12.6. The van der Waals surface area contributed by atoms with Crippen molar-refractivity contribution in [2.24, 2.45) is 0 Å². The Morgan fingerprint density at radius 1 is 1.43 bits per heavy atom. The zero-order valence-corrected chi connectivity index (χ0v) is 8.57. The van der Waals surface area contributed by atoms with Crippen LogP contribution < -0.4 is 4.90 Å². The lowest BCUT2D eigenvalue weighted by atomic mass is 10.0. The molecule has 0 fully saturated rings. The molecule has 1 aliphatic heterocycles. The summed E-state index contributed by atoms with van der Waals surface area (Å²) < 4.78 is 0. The number of aryl methyl sites for hydroxylation is 1. The van der Waals surface area contributed by atoms with Gasteiger partial charge in [0.2, 0.25) is 0 Å². The lowest BCUT2D eigenvalue weighted by molar-refractivity contribution is -0.107. The van der Waals surface area contributed by atoms with E-state index in [2.05, 4.69) is 6.07 Å². The summed E-state index contributed by atoms with van der Waals surface area (Å²) >= 11 is 5.93. The van der Waals surface area contributed by atoms with Crippen molar-refractivity contribution in [2.75, 3.05) is 11.4 Å². The number of alkyl halides is 1. The average molecular weight is 210 g/mol. The lowest BCUT2D eigenvalue weighted by Gasteiger charge is -2.32. The van der Waals surface area contributed by atoms with Crippen molar-refractivity contribution in [3.05, 3.63) is 29.8 Å². The SMILES string of the molecule is O=CC(Cl)N1CCCc2ccccc21. The molecule has 0 saturated carbocycles. The lowest BCUT2D eigenvalue weighted by Crippen LogP contribution is -2.36. The Morgan fingerprint density at radius 3 is 3.00 bits per heavy atom. The fraction of sp³-hybridized carbons (Fsp3) is 0.364. The molecule has 1 aromatic rings. The molecule has 1 aromatic carbocycles. The van der Waals surface area contributed by atoms with Crippen LogP contribution in [0, 0.1) is 0 Å². The highest BCUT2D eigenvalue weighted by Crippen LogP contribution is 2.28. The highest BCUT2D eigenvalue weighted by molar-refractivity contribution is 6.29. The second-order valence-electron chi connectivity index (χ2n) is 3.43. The Hall–Kier alpha value is -1.02. The van der Waals surface area contributed by atoms with E-state index < -0.39 is 5.50 Å². The van der Waals surface area contributed by atoms with E-state index in [9.17, 15) is 4.79 Å². The monoisotopic (exact) mass is 209 g/mol. The van der Waals surface area contributed by atoms with Gasteiger partial charge in [0.25, 0.3) is 0 Å². The minimum Gasteiger partial charge on any atom is -0.349 e. The summed E-state index contributed by atoms with van der Waals surface area (Å²) in [5.74, 6) is 0. The minimum atomic E-state index is -0.531. The predicted octanol–water partition coefficient (Wildman–Crippen LogP) is 2.20. The molecule has 1 unspecified atom stereocenters. The number of anilines is 1. The van der Waals surface area contributed by atoms with Gasteiger partial charge in [-0.05, 0) is 24.5 Å². The molecule has 0 spiro atoms. The van der Waals surface area contributed by atoms with Crippen LogP contribution in [0.5, 0.6) is 0 Å². The maximum atomic E-state index is 10.6. The van der Waals surface area contributed by atoms with Gasteiger partial charge in [0.1, 0.15) is 0 Å². The van der Waals surface area contributed by atoms with E-state index in [0.717, 1.165) is 31.4 Å². The number of fused-ring (bicyclic) bond motifs is 1. The number of hydrogen-bond acceptors (Lipinski definition) is 2. The average Bonchev–Trinajstić information content (AvgIpc) is 2.27. The smallest absolute Gasteiger partial charge is 0.160 e. The van der Waals surface area contributed by atoms with E-state index in [1.54, 1.807) is 0 Å². The van der Waals surface area contributed by atoms with E-state index in [4.69, 9.17) is 11.6 Å². The molecular weight excluding hydrogens is 198 g/mol. The molecule has 0 saturated heterocycles. The molecule has 0 N–H and O–H groups in total. The summed E-state index contributed by atoms with van der Waals surface area (Å²) in [6.07, 6.45) is 2.92. The fourth-order valence-corrected chi connectivity index (χ4v) is 2.10. The third-order valence-corrected chi connectivity index (χ3v) is 2.89. The van der Waals surface area contributed by atoms with Gasteiger partial charge >= 0.3 is 0 Å². The predicted molar refractivity (Wildman–Crippen MR) is 57.8 cm³/mol. The van der Waals surface area contributed by atoms with Crippen LogP contribution in [-0.2, 0) is 11.2 Å². The maximum absolute atomic E-state index is 10.6. The summed E-state index contributed by atoms with van der Waals surface area (Å²) in [6, 6.07) is 8.11. The largest absolute Gasteiger partial charge is 0.349 e. The molecule has 1 atom stereocenters. The fourth-order valence-electron chi connectivity index (χ4n) is 1.89. The van der Waals surface area contributed by atoms with E-state index in [-0.39, 0.29) is 0 Å². The Kier molecular flexibility index (Phi) is 2.73. The Bertz CT molecular complexity index is 340. The number of para-hydroxylation sites is 1. The molecular formula is C11H12ClNO. The van der Waals surface area contributed by atoms with E-state index in [1.165, 1.54) is 5.56 Å². The van der Waals surface area contributed by atoms with Crippen LogP contribution in [-0.4, -0.2) is 18.3 Å². The van der Waals surface area contributed by atoms with Crippen molar-refractivity contribution in [1.29, 1.82) is 0 Å². The first-order chi connectivity index (χ1) is 6.83. The molecule has 2 nitrogen and oxygen atoms in total. The molecule has 0 radical (unpaired) electrons. The molecule has 74 valence electrons. The minimum absolute atomic E-state index is 0.531. The first kappa shape index (κ1) is 9.53. The first-order valence-corrected chi connectivity index (χ1v) is 5.20. The van der Waals surface area contributed by atoms with E-state index in [0.29, 0.717) is 0 Å². The van der Waals surface area contributed by atoms with Crippen LogP contribution in [0.1, 0.15) is 12.0 Å². The van der Waals surface area contributed by atoms with Gasteiger partial charge in [-0.15, -0.1) is 0 Å². The second kappa shape index (κ2) is 4.01. The molecule has 0 aromatic heterocycles. The summed E-state index contributed by atoms with van der Waals surface area (Å²) in [5.41, 5.74) is 1.86. The zero-order valence-electron chi connectivity index (χ0n) is 7.82. The second-order valence-corrected chi connectivity index (χ2v) is 3.88. The van der Waals surface area contributed by atoms with Gasteiger partial charge in [-0.25, -0.2) is 0 Å². The van der Waals surface area contributed by atoms with Gasteiger partial charge in [-0.2, -0.15) is 0 Å². The summed E-state index contributed by atoms with van der Waals surface area (Å²) in [7, 11) is 0. The molecule has 14 heavy (non-hydrogen) atoms. The Morgan fingerprint density at radius 2 is 2.21 bits per heavy atom. The van der Waals surface area contributed by atoms with Crippen molar-refractivity contribution in [2.45, 2.75) is 18.3 Å².